The molecule has 1 aliphatic rings. The summed E-state index contributed by atoms with van der Waals surface area (Å²) in [4.78, 5) is 0. The van der Waals surface area contributed by atoms with Crippen LogP contribution in [0.15, 0.2) is 41.5 Å². The first kappa shape index (κ1) is 22.8. The molecule has 1 aromatic rings. The third kappa shape index (κ3) is 9.00. The van der Waals surface area contributed by atoms with Gasteiger partial charge < -0.3 is 5.11 Å². The minimum atomic E-state index is -0.556. The second-order valence-corrected chi connectivity index (χ2v) is 8.71. The molecule has 0 heterocycles. The number of hydrogen-bond donors (Lipinski definition) is 1. The van der Waals surface area contributed by atoms with Crippen LogP contribution in [0.5, 0.6) is 5.75 Å². The fourth-order valence-corrected chi connectivity index (χ4v) is 2.23. The monoisotopic (exact) mass is 389 g/mol. The second kappa shape index (κ2) is 12.2. The summed E-state index contributed by atoms with van der Waals surface area (Å²) in [5.41, 5.74) is 4.81. The van der Waals surface area contributed by atoms with E-state index in [2.05, 4.69) is 60.1 Å². The zero-order valence-electron chi connectivity index (χ0n) is 14.8. The van der Waals surface area contributed by atoms with Gasteiger partial charge in [-0.05, 0) is 36.8 Å². The van der Waals surface area contributed by atoms with E-state index in [1.54, 1.807) is 0 Å². The molecule has 1 radical (unpaired) electrons. The van der Waals surface area contributed by atoms with Crippen LogP contribution < -0.4 is 0 Å². The van der Waals surface area contributed by atoms with Crippen LogP contribution in [-0.2, 0) is 17.0 Å². The van der Waals surface area contributed by atoms with Crippen LogP contribution in [0, 0.1) is 6.42 Å². The Hall–Kier alpha value is -0.206. The Bertz CT molecular complexity index is 492. The molecule has 0 amide bonds. The molecule has 0 spiro atoms. The van der Waals surface area contributed by atoms with Gasteiger partial charge in [-0.1, -0.05) is 69.2 Å². The standard InChI is InChI=1S/C12H18O.C7H9.2ClH.Ti/c1-8(2)10-6-5-7-11(9(3)4)12(10)13;1-6-3-4-7(2)5-6;;;/h5-9,13H,1-4H3;3-5H,1-2H3;2*1H;/q;;;;+2/p-2. The number of benzene rings is 1. The van der Waals surface area contributed by atoms with Crippen molar-refractivity contribution in [1.29, 1.82) is 0 Å². The van der Waals surface area contributed by atoms with Crippen LogP contribution in [0.3, 0.4) is 0 Å². The topological polar surface area (TPSA) is 20.2 Å². The number of halogens is 2. The van der Waals surface area contributed by atoms with Gasteiger partial charge in [-0.2, -0.15) is 0 Å². The number of para-hydroxylation sites is 1. The average Bonchev–Trinajstić information content (AvgIpc) is 2.83. The zero-order valence-corrected chi connectivity index (χ0v) is 17.9. The van der Waals surface area contributed by atoms with Gasteiger partial charge >= 0.3 is 35.6 Å². The SMILES string of the molecule is CC(C)c1cccc(C(C)C)c1O.CC1=CC=C(C)[CH]1.[Cl][Ti][Cl]. The van der Waals surface area contributed by atoms with Crippen LogP contribution in [0.25, 0.3) is 0 Å². The molecular weight excluding hydrogens is 363 g/mol. The first-order valence-corrected chi connectivity index (χ1v) is 12.0. The van der Waals surface area contributed by atoms with Gasteiger partial charge in [0.15, 0.2) is 0 Å². The van der Waals surface area contributed by atoms with Gasteiger partial charge in [0.25, 0.3) is 0 Å². The quantitative estimate of drug-likeness (QED) is 0.534. The summed E-state index contributed by atoms with van der Waals surface area (Å²) in [7, 11) is 9.78. The number of rotatable bonds is 2. The predicted molar refractivity (Wildman–Crippen MR) is 99.8 cm³/mol. The summed E-state index contributed by atoms with van der Waals surface area (Å²) in [5.74, 6) is 1.25. The van der Waals surface area contributed by atoms with Crippen molar-refractivity contribution < 1.29 is 22.1 Å². The maximum absolute atomic E-state index is 9.93. The van der Waals surface area contributed by atoms with Gasteiger partial charge in [0.05, 0.1) is 0 Å². The van der Waals surface area contributed by atoms with Crippen molar-refractivity contribution in [2.45, 2.75) is 53.4 Å². The molecule has 0 fully saturated rings. The first-order valence-electron chi connectivity index (χ1n) is 7.72. The molecule has 23 heavy (non-hydrogen) atoms. The van der Waals surface area contributed by atoms with Crippen LogP contribution in [0.4, 0.5) is 0 Å². The third-order valence-electron chi connectivity index (χ3n) is 3.41. The Morgan fingerprint density at radius 2 is 1.22 bits per heavy atom. The van der Waals surface area contributed by atoms with E-state index < -0.39 is 17.0 Å². The van der Waals surface area contributed by atoms with Crippen molar-refractivity contribution in [3.05, 3.63) is 59.0 Å². The van der Waals surface area contributed by atoms with Crippen molar-refractivity contribution >= 4 is 18.6 Å². The summed E-state index contributed by atoms with van der Waals surface area (Å²) in [6, 6.07) is 6.00. The number of aromatic hydroxyl groups is 1. The molecule has 4 heteroatoms. The number of hydrogen-bond acceptors (Lipinski definition) is 1. The van der Waals surface area contributed by atoms with E-state index in [-0.39, 0.29) is 0 Å². The van der Waals surface area contributed by atoms with Crippen molar-refractivity contribution in [2.24, 2.45) is 0 Å². The predicted octanol–water partition coefficient (Wildman–Crippen LogP) is 7.11. The maximum atomic E-state index is 9.93. The summed E-state index contributed by atoms with van der Waals surface area (Å²) in [6.45, 7) is 12.6. The molecule has 1 aromatic carbocycles. The van der Waals surface area contributed by atoms with Gasteiger partial charge in [-0.25, -0.2) is 0 Å². The van der Waals surface area contributed by atoms with Crippen LogP contribution in [-0.4, -0.2) is 5.11 Å². The number of phenols is 1. The number of allylic oxidation sites excluding steroid dienone is 4. The van der Waals surface area contributed by atoms with Crippen molar-refractivity contribution in [2.75, 3.05) is 0 Å². The normalized spacial score (nSPS) is 12.8. The average molecular weight is 390 g/mol. The first-order chi connectivity index (χ1) is 10.7. The van der Waals surface area contributed by atoms with E-state index in [0.29, 0.717) is 17.6 Å². The summed E-state index contributed by atoms with van der Waals surface area (Å²) >= 11 is -0.556. The molecule has 0 unspecified atom stereocenters. The number of phenolic OH excluding ortho intramolecular Hbond substituents is 1. The molecule has 2 rings (SSSR count). The minimum absolute atomic E-state index is 0.388. The van der Waals surface area contributed by atoms with E-state index in [9.17, 15) is 5.11 Å². The van der Waals surface area contributed by atoms with E-state index in [4.69, 9.17) is 18.6 Å². The Labute approximate surface area is 158 Å². The van der Waals surface area contributed by atoms with Crippen molar-refractivity contribution in [3.8, 4) is 5.75 Å². The molecule has 1 aliphatic carbocycles. The Morgan fingerprint density at radius 1 is 0.870 bits per heavy atom. The molecular formula is C19H27Cl2OTi. The Morgan fingerprint density at radius 3 is 1.43 bits per heavy atom. The molecule has 1 nitrogen and oxygen atoms in total. The summed E-state index contributed by atoms with van der Waals surface area (Å²) < 4.78 is 0. The Balaban J connectivity index is 0.000000404. The summed E-state index contributed by atoms with van der Waals surface area (Å²) in [6.07, 6.45) is 6.41. The Kier molecular flexibility index (Phi) is 12.1. The zero-order chi connectivity index (χ0) is 18.0. The van der Waals surface area contributed by atoms with Crippen LogP contribution in [0.1, 0.15) is 64.5 Å². The van der Waals surface area contributed by atoms with Crippen molar-refractivity contribution in [3.63, 3.8) is 0 Å². The van der Waals surface area contributed by atoms with Gasteiger partial charge in [0.1, 0.15) is 5.75 Å². The molecule has 0 atom stereocenters. The van der Waals surface area contributed by atoms with Crippen LogP contribution >= 0.6 is 18.6 Å². The van der Waals surface area contributed by atoms with E-state index >= 15 is 0 Å². The van der Waals surface area contributed by atoms with Gasteiger partial charge in [0.2, 0.25) is 0 Å². The molecule has 1 N–H and O–H groups in total. The van der Waals surface area contributed by atoms with E-state index in [1.165, 1.54) is 11.1 Å². The van der Waals surface area contributed by atoms with Gasteiger partial charge in [0, 0.05) is 6.42 Å². The van der Waals surface area contributed by atoms with E-state index in [0.717, 1.165) is 11.1 Å². The van der Waals surface area contributed by atoms with Crippen LogP contribution in [0.2, 0.25) is 0 Å². The fraction of sp³-hybridized carbons (Fsp3) is 0.421. The molecule has 0 aromatic heterocycles. The van der Waals surface area contributed by atoms with Crippen molar-refractivity contribution in [1.82, 2.24) is 0 Å². The van der Waals surface area contributed by atoms with Gasteiger partial charge in [-0.3, -0.25) is 0 Å². The molecule has 127 valence electrons. The van der Waals surface area contributed by atoms with Gasteiger partial charge in [-0.15, -0.1) is 0 Å². The molecule has 0 bridgehead atoms. The summed E-state index contributed by atoms with van der Waals surface area (Å²) in [5, 5.41) is 9.93. The second-order valence-electron chi connectivity index (χ2n) is 6.13. The molecule has 0 saturated carbocycles. The fourth-order valence-electron chi connectivity index (χ4n) is 2.23. The molecule has 0 aliphatic heterocycles. The molecule has 0 saturated heterocycles. The third-order valence-corrected chi connectivity index (χ3v) is 3.41. The van der Waals surface area contributed by atoms with E-state index in [1.807, 2.05) is 18.2 Å².